The van der Waals surface area contributed by atoms with Gasteiger partial charge in [0.15, 0.2) is 0 Å². The van der Waals surface area contributed by atoms with Crippen molar-refractivity contribution in [3.05, 3.63) is 35.1 Å². The molecule has 1 fully saturated rings. The number of rotatable bonds is 5. The lowest BCUT2D eigenvalue weighted by molar-refractivity contribution is -0.144. The van der Waals surface area contributed by atoms with Crippen LogP contribution in [0.5, 0.6) is 0 Å². The Balaban J connectivity index is 2.04. The SMILES string of the molecule is CCOC(=O)C1CC1c1ccc(CCO)c(F)c1. The lowest BCUT2D eigenvalue weighted by Crippen LogP contribution is -2.07. The smallest absolute Gasteiger partial charge is 0.309 e. The van der Waals surface area contributed by atoms with E-state index in [0.717, 1.165) is 12.0 Å². The molecule has 2 atom stereocenters. The molecule has 0 heterocycles. The third kappa shape index (κ3) is 2.70. The minimum atomic E-state index is -0.309. The molecule has 2 unspecified atom stereocenters. The van der Waals surface area contributed by atoms with Crippen LogP contribution in [0, 0.1) is 11.7 Å². The van der Waals surface area contributed by atoms with Gasteiger partial charge in [-0.1, -0.05) is 12.1 Å². The third-order valence-electron chi connectivity index (χ3n) is 3.27. The molecule has 1 aromatic carbocycles. The van der Waals surface area contributed by atoms with Gasteiger partial charge in [-0.15, -0.1) is 0 Å². The fourth-order valence-electron chi connectivity index (χ4n) is 2.19. The lowest BCUT2D eigenvalue weighted by atomic mass is 10.0. The van der Waals surface area contributed by atoms with Crippen LogP contribution in [-0.4, -0.2) is 24.3 Å². The Kier molecular flexibility index (Phi) is 3.97. The zero-order chi connectivity index (χ0) is 13.1. The topological polar surface area (TPSA) is 46.5 Å². The van der Waals surface area contributed by atoms with Crippen molar-refractivity contribution in [3.63, 3.8) is 0 Å². The summed E-state index contributed by atoms with van der Waals surface area (Å²) >= 11 is 0. The predicted molar refractivity (Wildman–Crippen MR) is 64.7 cm³/mol. The third-order valence-corrected chi connectivity index (χ3v) is 3.27. The fraction of sp³-hybridized carbons (Fsp3) is 0.500. The Morgan fingerprint density at radius 3 is 2.94 bits per heavy atom. The molecule has 0 bridgehead atoms. The van der Waals surface area contributed by atoms with Crippen LogP contribution in [0.3, 0.4) is 0 Å². The summed E-state index contributed by atoms with van der Waals surface area (Å²) in [7, 11) is 0. The van der Waals surface area contributed by atoms with E-state index in [4.69, 9.17) is 9.84 Å². The minimum Gasteiger partial charge on any atom is -0.466 e. The van der Waals surface area contributed by atoms with Gasteiger partial charge >= 0.3 is 5.97 Å². The Labute approximate surface area is 106 Å². The van der Waals surface area contributed by atoms with Gasteiger partial charge in [-0.3, -0.25) is 4.79 Å². The second kappa shape index (κ2) is 5.48. The van der Waals surface area contributed by atoms with Crippen LogP contribution < -0.4 is 0 Å². The van der Waals surface area contributed by atoms with Crippen molar-refractivity contribution in [2.24, 2.45) is 5.92 Å². The van der Waals surface area contributed by atoms with Crippen molar-refractivity contribution in [2.75, 3.05) is 13.2 Å². The van der Waals surface area contributed by atoms with Crippen molar-refractivity contribution in [3.8, 4) is 0 Å². The van der Waals surface area contributed by atoms with E-state index in [0.29, 0.717) is 18.6 Å². The largest absolute Gasteiger partial charge is 0.466 e. The zero-order valence-corrected chi connectivity index (χ0v) is 10.4. The number of carbonyl (C=O) groups excluding carboxylic acids is 1. The first kappa shape index (κ1) is 13.0. The summed E-state index contributed by atoms with van der Waals surface area (Å²) in [5.74, 6) is -0.534. The molecular weight excluding hydrogens is 235 g/mol. The molecular formula is C14H17FO3. The molecule has 1 aliphatic rings. The Hall–Kier alpha value is -1.42. The van der Waals surface area contributed by atoms with Crippen LogP contribution in [-0.2, 0) is 16.0 Å². The van der Waals surface area contributed by atoms with Gasteiger partial charge in [0, 0.05) is 6.61 Å². The van der Waals surface area contributed by atoms with E-state index in [9.17, 15) is 9.18 Å². The molecule has 2 rings (SSSR count). The summed E-state index contributed by atoms with van der Waals surface area (Å²) in [5.41, 5.74) is 1.35. The summed E-state index contributed by atoms with van der Waals surface area (Å²) in [5, 5.41) is 8.78. The first-order valence-corrected chi connectivity index (χ1v) is 6.23. The number of hydrogen-bond donors (Lipinski definition) is 1. The predicted octanol–water partition coefficient (Wildman–Crippen LogP) is 2.03. The first-order chi connectivity index (χ1) is 8.67. The molecule has 18 heavy (non-hydrogen) atoms. The molecule has 1 saturated carbocycles. The maximum atomic E-state index is 13.7. The van der Waals surface area contributed by atoms with Gasteiger partial charge in [0.1, 0.15) is 5.82 Å². The highest BCUT2D eigenvalue weighted by Crippen LogP contribution is 2.48. The lowest BCUT2D eigenvalue weighted by Gasteiger charge is -2.05. The van der Waals surface area contributed by atoms with E-state index < -0.39 is 0 Å². The summed E-state index contributed by atoms with van der Waals surface area (Å²) < 4.78 is 18.6. The molecule has 0 radical (unpaired) electrons. The molecule has 0 spiro atoms. The van der Waals surface area contributed by atoms with Crippen molar-refractivity contribution in [2.45, 2.75) is 25.7 Å². The van der Waals surface area contributed by atoms with Crippen LogP contribution in [0.1, 0.15) is 30.4 Å². The van der Waals surface area contributed by atoms with E-state index in [1.807, 2.05) is 6.07 Å². The summed E-state index contributed by atoms with van der Waals surface area (Å²) in [4.78, 5) is 11.5. The molecule has 1 N–H and O–H groups in total. The molecule has 0 aromatic heterocycles. The molecule has 0 aliphatic heterocycles. The molecule has 98 valence electrons. The van der Waals surface area contributed by atoms with Crippen LogP contribution in [0.4, 0.5) is 4.39 Å². The van der Waals surface area contributed by atoms with Gasteiger partial charge in [0.2, 0.25) is 0 Å². The molecule has 0 saturated heterocycles. The number of ether oxygens (including phenoxy) is 1. The summed E-state index contributed by atoms with van der Waals surface area (Å²) in [6.07, 6.45) is 1.05. The van der Waals surface area contributed by atoms with Crippen LogP contribution in [0.2, 0.25) is 0 Å². The number of benzene rings is 1. The van der Waals surface area contributed by atoms with E-state index in [-0.39, 0.29) is 30.2 Å². The van der Waals surface area contributed by atoms with Gasteiger partial charge in [-0.25, -0.2) is 4.39 Å². The molecule has 1 aromatic rings. The second-order valence-corrected chi connectivity index (χ2v) is 4.53. The van der Waals surface area contributed by atoms with Crippen molar-refractivity contribution < 1.29 is 19.0 Å². The highest BCUT2D eigenvalue weighted by molar-refractivity contribution is 5.77. The average molecular weight is 252 g/mol. The van der Waals surface area contributed by atoms with Crippen LogP contribution >= 0.6 is 0 Å². The number of carbonyl (C=O) groups is 1. The normalized spacial score (nSPS) is 21.7. The zero-order valence-electron chi connectivity index (χ0n) is 10.4. The quantitative estimate of drug-likeness (QED) is 0.816. The molecule has 0 amide bonds. The number of esters is 1. The van der Waals surface area contributed by atoms with Crippen molar-refractivity contribution in [1.82, 2.24) is 0 Å². The van der Waals surface area contributed by atoms with Gasteiger partial charge in [-0.05, 0) is 42.9 Å². The minimum absolute atomic E-state index is 0.0643. The van der Waals surface area contributed by atoms with Gasteiger partial charge < -0.3 is 9.84 Å². The van der Waals surface area contributed by atoms with Gasteiger partial charge in [-0.2, -0.15) is 0 Å². The van der Waals surface area contributed by atoms with E-state index in [1.165, 1.54) is 6.07 Å². The maximum absolute atomic E-state index is 13.7. The average Bonchev–Trinajstić information content (AvgIpc) is 3.12. The second-order valence-electron chi connectivity index (χ2n) is 4.53. The van der Waals surface area contributed by atoms with Crippen molar-refractivity contribution >= 4 is 5.97 Å². The number of hydrogen-bond acceptors (Lipinski definition) is 3. The number of halogens is 1. The molecule has 1 aliphatic carbocycles. The molecule has 3 nitrogen and oxygen atoms in total. The van der Waals surface area contributed by atoms with Crippen molar-refractivity contribution in [1.29, 1.82) is 0 Å². The number of aliphatic hydroxyl groups is 1. The Bertz CT molecular complexity index is 445. The number of aliphatic hydroxyl groups excluding tert-OH is 1. The van der Waals surface area contributed by atoms with Crippen LogP contribution in [0.15, 0.2) is 18.2 Å². The van der Waals surface area contributed by atoms with E-state index in [1.54, 1.807) is 13.0 Å². The Morgan fingerprint density at radius 1 is 1.56 bits per heavy atom. The maximum Gasteiger partial charge on any atom is 0.309 e. The summed E-state index contributed by atoms with van der Waals surface area (Å²) in [6, 6.07) is 4.98. The Morgan fingerprint density at radius 2 is 2.33 bits per heavy atom. The van der Waals surface area contributed by atoms with E-state index in [2.05, 4.69) is 0 Å². The van der Waals surface area contributed by atoms with Gasteiger partial charge in [0.05, 0.1) is 12.5 Å². The first-order valence-electron chi connectivity index (χ1n) is 6.23. The highest BCUT2D eigenvalue weighted by atomic mass is 19.1. The van der Waals surface area contributed by atoms with Crippen LogP contribution in [0.25, 0.3) is 0 Å². The fourth-order valence-corrected chi connectivity index (χ4v) is 2.19. The van der Waals surface area contributed by atoms with Gasteiger partial charge in [0.25, 0.3) is 0 Å². The summed E-state index contributed by atoms with van der Waals surface area (Å²) in [6.45, 7) is 2.09. The van der Waals surface area contributed by atoms with E-state index >= 15 is 0 Å². The highest BCUT2D eigenvalue weighted by Gasteiger charge is 2.45. The standard InChI is InChI=1S/C14H17FO3/c1-2-18-14(17)12-8-11(12)10-4-3-9(5-6-16)13(15)7-10/h3-4,7,11-12,16H,2,5-6,8H2,1H3. The monoisotopic (exact) mass is 252 g/mol. The molecule has 4 heteroatoms.